The van der Waals surface area contributed by atoms with E-state index in [2.05, 4.69) is 23.5 Å². The summed E-state index contributed by atoms with van der Waals surface area (Å²) in [5, 5.41) is 7.00. The van der Waals surface area contributed by atoms with Gasteiger partial charge in [0, 0.05) is 0 Å². The summed E-state index contributed by atoms with van der Waals surface area (Å²) in [7, 11) is 0. The molecule has 0 saturated carbocycles. The van der Waals surface area contributed by atoms with Gasteiger partial charge >= 0.3 is 0 Å². The second-order valence-electron chi connectivity index (χ2n) is 7.06. The van der Waals surface area contributed by atoms with E-state index in [0.717, 1.165) is 33.9 Å². The third-order valence-corrected chi connectivity index (χ3v) is 4.88. The largest absolute Gasteiger partial charge is 0.489 e. The third-order valence-electron chi connectivity index (χ3n) is 4.88. The van der Waals surface area contributed by atoms with Gasteiger partial charge in [0.25, 0.3) is 0 Å². The fourth-order valence-corrected chi connectivity index (χ4v) is 3.20. The van der Waals surface area contributed by atoms with Crippen LogP contribution in [-0.4, -0.2) is 11.1 Å². The fourth-order valence-electron chi connectivity index (χ4n) is 3.20. The van der Waals surface area contributed by atoms with Crippen molar-refractivity contribution in [1.82, 2.24) is 10.5 Å². The normalized spacial score (nSPS) is 11.9. The summed E-state index contributed by atoms with van der Waals surface area (Å²) >= 11 is 0. The van der Waals surface area contributed by atoms with Crippen molar-refractivity contribution in [2.45, 2.75) is 46.8 Å². The quantitative estimate of drug-likeness (QED) is 0.653. The predicted molar refractivity (Wildman–Crippen MR) is 108 cm³/mol. The maximum Gasteiger partial charge on any atom is 0.224 e. The van der Waals surface area contributed by atoms with Gasteiger partial charge in [0.2, 0.25) is 5.91 Å². The molecule has 1 atom stereocenters. The first-order chi connectivity index (χ1) is 13.4. The van der Waals surface area contributed by atoms with Gasteiger partial charge in [-0.3, -0.25) is 4.79 Å². The molecular weight excluding hydrogens is 352 g/mol. The van der Waals surface area contributed by atoms with E-state index in [0.29, 0.717) is 13.0 Å². The first-order valence-corrected chi connectivity index (χ1v) is 9.42. The van der Waals surface area contributed by atoms with Gasteiger partial charge in [-0.25, -0.2) is 0 Å². The van der Waals surface area contributed by atoms with E-state index in [1.807, 2.05) is 63.2 Å². The van der Waals surface area contributed by atoms with Gasteiger partial charge < -0.3 is 14.6 Å². The molecule has 28 heavy (non-hydrogen) atoms. The number of benzene rings is 2. The van der Waals surface area contributed by atoms with Crippen LogP contribution in [0.5, 0.6) is 5.75 Å². The zero-order chi connectivity index (χ0) is 20.1. The summed E-state index contributed by atoms with van der Waals surface area (Å²) < 4.78 is 11.0. The lowest BCUT2D eigenvalue weighted by atomic mass is 10.0. The number of carbonyl (C=O) groups excluding carboxylic acids is 1. The van der Waals surface area contributed by atoms with Crippen LogP contribution in [0.3, 0.4) is 0 Å². The van der Waals surface area contributed by atoms with Crippen molar-refractivity contribution in [1.29, 1.82) is 0 Å². The number of nitrogens with zero attached hydrogens (tertiary/aromatic N) is 1. The van der Waals surface area contributed by atoms with Crippen molar-refractivity contribution in [3.63, 3.8) is 0 Å². The minimum atomic E-state index is -0.0219. The molecule has 1 amide bonds. The molecule has 0 saturated heterocycles. The van der Waals surface area contributed by atoms with Crippen LogP contribution in [0.2, 0.25) is 0 Å². The topological polar surface area (TPSA) is 64.4 Å². The molecule has 2 aromatic carbocycles. The lowest BCUT2D eigenvalue weighted by Crippen LogP contribution is -2.28. The summed E-state index contributed by atoms with van der Waals surface area (Å²) in [5.74, 6) is 1.52. The number of aromatic nitrogens is 1. The van der Waals surface area contributed by atoms with Crippen LogP contribution < -0.4 is 10.1 Å². The van der Waals surface area contributed by atoms with Crippen molar-refractivity contribution < 1.29 is 14.1 Å². The number of hydrogen-bond donors (Lipinski definition) is 1. The molecule has 3 aromatic rings. The first-order valence-electron chi connectivity index (χ1n) is 9.42. The summed E-state index contributed by atoms with van der Waals surface area (Å²) in [6.07, 6.45) is 0.334. The van der Waals surface area contributed by atoms with Gasteiger partial charge in [-0.15, -0.1) is 0 Å². The lowest BCUT2D eigenvalue weighted by Gasteiger charge is -2.16. The highest BCUT2D eigenvalue weighted by atomic mass is 16.5. The molecule has 3 rings (SSSR count). The van der Waals surface area contributed by atoms with E-state index in [4.69, 9.17) is 9.26 Å². The Morgan fingerprint density at radius 2 is 1.82 bits per heavy atom. The number of carbonyl (C=O) groups is 1. The molecule has 1 heterocycles. The van der Waals surface area contributed by atoms with Gasteiger partial charge in [0.15, 0.2) is 0 Å². The van der Waals surface area contributed by atoms with Crippen molar-refractivity contribution in [3.05, 3.63) is 82.2 Å². The highest BCUT2D eigenvalue weighted by Gasteiger charge is 2.12. The van der Waals surface area contributed by atoms with Gasteiger partial charge in [0.1, 0.15) is 18.1 Å². The van der Waals surface area contributed by atoms with Crippen LogP contribution in [0, 0.1) is 20.8 Å². The van der Waals surface area contributed by atoms with Crippen LogP contribution in [0.15, 0.2) is 53.1 Å². The van der Waals surface area contributed by atoms with Crippen molar-refractivity contribution in [3.8, 4) is 5.75 Å². The highest BCUT2D eigenvalue weighted by Crippen LogP contribution is 2.19. The van der Waals surface area contributed by atoms with Gasteiger partial charge in [-0.2, -0.15) is 0 Å². The second-order valence-corrected chi connectivity index (χ2v) is 7.06. The number of rotatable bonds is 7. The molecule has 5 heteroatoms. The summed E-state index contributed by atoms with van der Waals surface area (Å²) in [4.78, 5) is 12.4. The molecule has 146 valence electrons. The Balaban J connectivity index is 1.53. The molecule has 0 spiro atoms. The van der Waals surface area contributed by atoms with Crippen LogP contribution in [0.4, 0.5) is 0 Å². The predicted octanol–water partition coefficient (Wildman–Crippen LogP) is 4.60. The van der Waals surface area contributed by atoms with Gasteiger partial charge in [-0.05, 0) is 56.5 Å². The molecule has 1 N–H and O–H groups in total. The summed E-state index contributed by atoms with van der Waals surface area (Å²) in [6, 6.07) is 15.7. The number of aryl methyl sites for hydroxylation is 3. The van der Waals surface area contributed by atoms with Crippen LogP contribution in [0.25, 0.3) is 0 Å². The smallest absolute Gasteiger partial charge is 0.224 e. The Morgan fingerprint density at radius 1 is 1.11 bits per heavy atom. The van der Waals surface area contributed by atoms with Crippen molar-refractivity contribution in [2.75, 3.05) is 0 Å². The number of amides is 1. The summed E-state index contributed by atoms with van der Waals surface area (Å²) in [5.41, 5.74) is 5.07. The zero-order valence-electron chi connectivity index (χ0n) is 16.8. The van der Waals surface area contributed by atoms with Crippen molar-refractivity contribution >= 4 is 5.91 Å². The fraction of sp³-hybridized carbons (Fsp3) is 0.304. The maximum atomic E-state index is 12.4. The van der Waals surface area contributed by atoms with Gasteiger partial charge in [-0.1, -0.05) is 41.6 Å². The van der Waals surface area contributed by atoms with E-state index in [1.54, 1.807) is 0 Å². The molecule has 1 unspecified atom stereocenters. The van der Waals surface area contributed by atoms with Crippen LogP contribution >= 0.6 is 0 Å². The Bertz CT molecular complexity index is 925. The number of nitrogens with one attached hydrogen (secondary N) is 1. The maximum absolute atomic E-state index is 12.4. The Hall–Kier alpha value is -3.08. The SMILES string of the molecule is Cc1ccccc1C(C)NC(=O)Cc1ccc(OCc2c(C)noc2C)cc1. The molecule has 0 aliphatic rings. The van der Waals surface area contributed by atoms with E-state index in [-0.39, 0.29) is 11.9 Å². The second kappa shape index (κ2) is 8.74. The molecule has 1 aromatic heterocycles. The van der Waals surface area contributed by atoms with Gasteiger partial charge in [0.05, 0.1) is 23.7 Å². The monoisotopic (exact) mass is 378 g/mol. The summed E-state index contributed by atoms with van der Waals surface area (Å²) in [6.45, 7) is 8.24. The standard InChI is InChI=1S/C23H26N2O3/c1-15-7-5-6-8-21(15)16(2)24-23(26)13-19-9-11-20(12-10-19)27-14-22-17(3)25-28-18(22)4/h5-12,16H,13-14H2,1-4H3,(H,24,26). The Labute approximate surface area is 165 Å². The first kappa shape index (κ1) is 19.7. The zero-order valence-corrected chi connectivity index (χ0v) is 16.8. The minimum Gasteiger partial charge on any atom is -0.489 e. The Kier molecular flexibility index (Phi) is 6.14. The van der Waals surface area contributed by atoms with Crippen LogP contribution in [-0.2, 0) is 17.8 Å². The molecule has 5 nitrogen and oxygen atoms in total. The molecular formula is C23H26N2O3. The number of ether oxygens (including phenoxy) is 1. The molecule has 0 radical (unpaired) electrons. The average molecular weight is 378 g/mol. The average Bonchev–Trinajstić information content (AvgIpc) is 2.99. The van der Waals surface area contributed by atoms with E-state index in [1.165, 1.54) is 5.56 Å². The van der Waals surface area contributed by atoms with E-state index >= 15 is 0 Å². The van der Waals surface area contributed by atoms with Crippen LogP contribution in [0.1, 0.15) is 46.7 Å². The lowest BCUT2D eigenvalue weighted by molar-refractivity contribution is -0.121. The van der Waals surface area contributed by atoms with Crippen molar-refractivity contribution in [2.24, 2.45) is 0 Å². The molecule has 0 bridgehead atoms. The minimum absolute atomic E-state index is 0.000132. The third kappa shape index (κ3) is 4.80. The molecule has 0 fully saturated rings. The van der Waals surface area contributed by atoms with E-state index < -0.39 is 0 Å². The molecule has 0 aliphatic carbocycles. The molecule has 0 aliphatic heterocycles. The Morgan fingerprint density at radius 3 is 2.46 bits per heavy atom. The number of hydrogen-bond acceptors (Lipinski definition) is 4. The van der Waals surface area contributed by atoms with E-state index in [9.17, 15) is 4.79 Å². The highest BCUT2D eigenvalue weighted by molar-refractivity contribution is 5.79.